The third-order valence-corrected chi connectivity index (χ3v) is 4.07. The molecular formula is C18H18N2O3. The highest BCUT2D eigenvalue weighted by Crippen LogP contribution is 2.33. The van der Waals surface area contributed by atoms with Crippen molar-refractivity contribution in [3.8, 4) is 11.5 Å². The lowest BCUT2D eigenvalue weighted by Gasteiger charge is -2.14. The molecular weight excluding hydrogens is 292 g/mol. The molecule has 3 heterocycles. The van der Waals surface area contributed by atoms with E-state index in [4.69, 9.17) is 13.9 Å². The number of ether oxygens (including phenoxy) is 2. The van der Waals surface area contributed by atoms with Gasteiger partial charge in [0.15, 0.2) is 11.5 Å². The van der Waals surface area contributed by atoms with Gasteiger partial charge in [-0.1, -0.05) is 13.0 Å². The molecule has 5 heteroatoms. The standard InChI is InChI=1S/C18H18N2O3/c1-13(9-14-4-5-16-17(10-14)23-12-22-16)18-19-6-7-20(18)11-15-3-2-8-21-15/h2-8,10,13H,9,11-12H2,1H3/t13-/m1/s1. The summed E-state index contributed by atoms with van der Waals surface area (Å²) in [4.78, 5) is 4.53. The van der Waals surface area contributed by atoms with E-state index in [1.165, 1.54) is 5.56 Å². The second-order valence-corrected chi connectivity index (χ2v) is 5.79. The first-order valence-electron chi connectivity index (χ1n) is 7.71. The molecule has 0 radical (unpaired) electrons. The zero-order valence-corrected chi connectivity index (χ0v) is 12.9. The van der Waals surface area contributed by atoms with Crippen molar-refractivity contribution in [3.63, 3.8) is 0 Å². The third kappa shape index (κ3) is 2.82. The van der Waals surface area contributed by atoms with Crippen LogP contribution in [0.3, 0.4) is 0 Å². The second kappa shape index (κ2) is 5.83. The van der Waals surface area contributed by atoms with Crippen LogP contribution in [-0.4, -0.2) is 16.3 Å². The highest BCUT2D eigenvalue weighted by Gasteiger charge is 2.17. The zero-order chi connectivity index (χ0) is 15.6. The van der Waals surface area contributed by atoms with E-state index >= 15 is 0 Å². The van der Waals surface area contributed by atoms with Crippen LogP contribution in [0.15, 0.2) is 53.4 Å². The van der Waals surface area contributed by atoms with Gasteiger partial charge in [0.2, 0.25) is 6.79 Å². The van der Waals surface area contributed by atoms with E-state index < -0.39 is 0 Å². The molecule has 0 aliphatic carbocycles. The predicted molar refractivity (Wildman–Crippen MR) is 84.7 cm³/mol. The van der Waals surface area contributed by atoms with Gasteiger partial charge in [-0.05, 0) is 36.2 Å². The van der Waals surface area contributed by atoms with E-state index in [1.54, 1.807) is 6.26 Å². The molecule has 23 heavy (non-hydrogen) atoms. The fourth-order valence-corrected chi connectivity index (χ4v) is 2.97. The van der Waals surface area contributed by atoms with Crippen LogP contribution in [0.2, 0.25) is 0 Å². The summed E-state index contributed by atoms with van der Waals surface area (Å²) in [5.41, 5.74) is 1.22. The average Bonchev–Trinajstić information content (AvgIpc) is 3.28. The quantitative estimate of drug-likeness (QED) is 0.722. The molecule has 118 valence electrons. The fraction of sp³-hybridized carbons (Fsp3) is 0.278. The normalized spacial score (nSPS) is 14.1. The topological polar surface area (TPSA) is 49.4 Å². The molecule has 1 atom stereocenters. The third-order valence-electron chi connectivity index (χ3n) is 4.07. The summed E-state index contributed by atoms with van der Waals surface area (Å²) < 4.78 is 18.4. The number of furan rings is 1. The number of benzene rings is 1. The summed E-state index contributed by atoms with van der Waals surface area (Å²) >= 11 is 0. The lowest BCUT2D eigenvalue weighted by Crippen LogP contribution is -2.09. The highest BCUT2D eigenvalue weighted by atomic mass is 16.7. The Labute approximate surface area is 134 Å². The Morgan fingerprint density at radius 3 is 3.00 bits per heavy atom. The average molecular weight is 310 g/mol. The highest BCUT2D eigenvalue weighted by molar-refractivity contribution is 5.44. The minimum atomic E-state index is 0.292. The van der Waals surface area contributed by atoms with Gasteiger partial charge in [0, 0.05) is 18.3 Å². The van der Waals surface area contributed by atoms with Crippen molar-refractivity contribution in [2.75, 3.05) is 6.79 Å². The van der Waals surface area contributed by atoms with Gasteiger partial charge >= 0.3 is 0 Å². The summed E-state index contributed by atoms with van der Waals surface area (Å²) in [6.07, 6.45) is 6.43. The van der Waals surface area contributed by atoms with Crippen LogP contribution in [0.25, 0.3) is 0 Å². The van der Waals surface area contributed by atoms with E-state index in [1.807, 2.05) is 30.6 Å². The molecule has 3 aromatic rings. The minimum absolute atomic E-state index is 0.292. The second-order valence-electron chi connectivity index (χ2n) is 5.79. The van der Waals surface area contributed by atoms with Gasteiger partial charge in [0.1, 0.15) is 11.6 Å². The lowest BCUT2D eigenvalue weighted by molar-refractivity contribution is 0.174. The molecule has 0 spiro atoms. The number of hydrogen-bond donors (Lipinski definition) is 0. The van der Waals surface area contributed by atoms with E-state index in [-0.39, 0.29) is 0 Å². The SMILES string of the molecule is C[C@H](Cc1ccc2c(c1)OCO2)c1nccn1Cc1ccco1. The fourth-order valence-electron chi connectivity index (χ4n) is 2.97. The summed E-state index contributed by atoms with van der Waals surface area (Å²) in [5, 5.41) is 0. The van der Waals surface area contributed by atoms with Crippen molar-refractivity contribution in [1.82, 2.24) is 9.55 Å². The Hall–Kier alpha value is -2.69. The number of fused-ring (bicyclic) bond motifs is 1. The predicted octanol–water partition coefficient (Wildman–Crippen LogP) is 3.60. The van der Waals surface area contributed by atoms with Crippen LogP contribution in [0.4, 0.5) is 0 Å². The Kier molecular flexibility index (Phi) is 3.54. The van der Waals surface area contributed by atoms with Crippen LogP contribution in [0.1, 0.15) is 30.0 Å². The van der Waals surface area contributed by atoms with Crippen LogP contribution in [0, 0.1) is 0 Å². The molecule has 0 saturated carbocycles. The van der Waals surface area contributed by atoms with Crippen molar-refractivity contribution < 1.29 is 13.9 Å². The van der Waals surface area contributed by atoms with Gasteiger partial charge in [-0.2, -0.15) is 0 Å². The molecule has 4 rings (SSSR count). The first-order valence-corrected chi connectivity index (χ1v) is 7.71. The maximum Gasteiger partial charge on any atom is 0.231 e. The van der Waals surface area contributed by atoms with Gasteiger partial charge in [0.05, 0.1) is 12.8 Å². The number of hydrogen-bond acceptors (Lipinski definition) is 4. The van der Waals surface area contributed by atoms with E-state index in [2.05, 4.69) is 28.6 Å². The molecule has 2 aromatic heterocycles. The van der Waals surface area contributed by atoms with Gasteiger partial charge in [0.25, 0.3) is 0 Å². The van der Waals surface area contributed by atoms with Crippen molar-refractivity contribution in [2.24, 2.45) is 0 Å². The molecule has 1 aromatic carbocycles. The molecule has 5 nitrogen and oxygen atoms in total. The molecule has 1 aliphatic heterocycles. The minimum Gasteiger partial charge on any atom is -0.467 e. The Bertz CT molecular complexity index is 792. The van der Waals surface area contributed by atoms with Crippen molar-refractivity contribution in [2.45, 2.75) is 25.8 Å². The lowest BCUT2D eigenvalue weighted by atomic mass is 10.00. The molecule has 0 bridgehead atoms. The van der Waals surface area contributed by atoms with Crippen LogP contribution >= 0.6 is 0 Å². The Morgan fingerprint density at radius 2 is 2.13 bits per heavy atom. The van der Waals surface area contributed by atoms with Crippen LogP contribution < -0.4 is 9.47 Å². The largest absolute Gasteiger partial charge is 0.467 e. The van der Waals surface area contributed by atoms with Gasteiger partial charge in [-0.25, -0.2) is 4.98 Å². The van der Waals surface area contributed by atoms with E-state index in [0.29, 0.717) is 19.3 Å². The molecule has 0 saturated heterocycles. The molecule has 0 unspecified atom stereocenters. The summed E-state index contributed by atoms with van der Waals surface area (Å²) in [6, 6.07) is 10.00. The van der Waals surface area contributed by atoms with Gasteiger partial charge in [-0.3, -0.25) is 0 Å². The number of nitrogens with zero attached hydrogens (tertiary/aromatic N) is 2. The summed E-state index contributed by atoms with van der Waals surface area (Å²) in [5.74, 6) is 3.92. The first-order chi connectivity index (χ1) is 11.3. The molecule has 0 amide bonds. The van der Waals surface area contributed by atoms with Gasteiger partial charge < -0.3 is 18.5 Å². The van der Waals surface area contributed by atoms with Crippen LogP contribution in [-0.2, 0) is 13.0 Å². The number of rotatable bonds is 5. The van der Waals surface area contributed by atoms with Crippen molar-refractivity contribution >= 4 is 0 Å². The summed E-state index contributed by atoms with van der Waals surface area (Å²) in [7, 11) is 0. The number of aromatic nitrogens is 2. The Balaban J connectivity index is 1.51. The molecule has 0 N–H and O–H groups in total. The van der Waals surface area contributed by atoms with E-state index in [9.17, 15) is 0 Å². The first kappa shape index (κ1) is 13.9. The smallest absolute Gasteiger partial charge is 0.231 e. The maximum absolute atomic E-state index is 5.45. The van der Waals surface area contributed by atoms with Crippen molar-refractivity contribution in [1.29, 1.82) is 0 Å². The van der Waals surface area contributed by atoms with Gasteiger partial charge in [-0.15, -0.1) is 0 Å². The van der Waals surface area contributed by atoms with E-state index in [0.717, 1.165) is 29.5 Å². The maximum atomic E-state index is 5.45. The summed E-state index contributed by atoms with van der Waals surface area (Å²) in [6.45, 7) is 3.20. The monoisotopic (exact) mass is 310 g/mol. The molecule has 0 fully saturated rings. The van der Waals surface area contributed by atoms with Crippen molar-refractivity contribution in [3.05, 3.63) is 66.1 Å². The van der Waals surface area contributed by atoms with Crippen LogP contribution in [0.5, 0.6) is 11.5 Å². The Morgan fingerprint density at radius 1 is 1.22 bits per heavy atom. The number of imidazole rings is 1. The zero-order valence-electron chi connectivity index (χ0n) is 12.9. The molecule has 1 aliphatic rings.